The molecule has 0 radical (unpaired) electrons. The van der Waals surface area contributed by atoms with Crippen LogP contribution in [-0.4, -0.2) is 16.7 Å². The molecular weight excluding hydrogens is 264 g/mol. The summed E-state index contributed by atoms with van der Waals surface area (Å²) in [4.78, 5) is 4.41. The molecular formula is C16H18N4O. The van der Waals surface area contributed by atoms with E-state index < -0.39 is 0 Å². The summed E-state index contributed by atoms with van der Waals surface area (Å²) >= 11 is 0. The van der Waals surface area contributed by atoms with Gasteiger partial charge in [0.15, 0.2) is 0 Å². The van der Waals surface area contributed by atoms with Crippen LogP contribution in [0.2, 0.25) is 0 Å². The van der Waals surface area contributed by atoms with Gasteiger partial charge in [0, 0.05) is 12.1 Å². The molecule has 21 heavy (non-hydrogen) atoms. The van der Waals surface area contributed by atoms with Gasteiger partial charge in [-0.05, 0) is 18.2 Å². The lowest BCUT2D eigenvalue weighted by Crippen LogP contribution is -2.31. The summed E-state index contributed by atoms with van der Waals surface area (Å²) < 4.78 is 7.50. The van der Waals surface area contributed by atoms with Crippen molar-refractivity contribution in [3.63, 3.8) is 0 Å². The monoisotopic (exact) mass is 282 g/mol. The summed E-state index contributed by atoms with van der Waals surface area (Å²) in [5.41, 5.74) is 5.97. The van der Waals surface area contributed by atoms with Gasteiger partial charge in [-0.3, -0.25) is 11.3 Å². The van der Waals surface area contributed by atoms with Crippen LogP contribution in [0.5, 0.6) is 5.75 Å². The molecule has 0 aliphatic rings. The van der Waals surface area contributed by atoms with Crippen LogP contribution in [0.4, 0.5) is 0 Å². The van der Waals surface area contributed by atoms with Crippen LogP contribution < -0.4 is 16.0 Å². The zero-order chi connectivity index (χ0) is 14.7. The lowest BCUT2D eigenvalue weighted by Gasteiger charge is -2.19. The highest BCUT2D eigenvalue weighted by atomic mass is 16.5. The van der Waals surface area contributed by atoms with E-state index in [1.165, 1.54) is 0 Å². The summed E-state index contributed by atoms with van der Waals surface area (Å²) in [6.45, 7) is 0.678. The zero-order valence-electron chi connectivity index (χ0n) is 11.9. The lowest BCUT2D eigenvalue weighted by atomic mass is 10.1. The molecule has 0 amide bonds. The van der Waals surface area contributed by atoms with E-state index in [-0.39, 0.29) is 6.04 Å². The highest BCUT2D eigenvalue weighted by Crippen LogP contribution is 2.26. The number of nitrogens with zero attached hydrogens (tertiary/aromatic N) is 2. The van der Waals surface area contributed by atoms with Gasteiger partial charge in [-0.15, -0.1) is 0 Å². The molecule has 5 heteroatoms. The molecule has 108 valence electrons. The molecule has 0 saturated carbocycles. The molecule has 0 fully saturated rings. The van der Waals surface area contributed by atoms with Gasteiger partial charge >= 0.3 is 0 Å². The average molecular weight is 282 g/mol. The number of ether oxygens (including phenoxy) is 1. The summed E-state index contributed by atoms with van der Waals surface area (Å²) in [6, 6.07) is 15.9. The van der Waals surface area contributed by atoms with Crippen molar-refractivity contribution in [3.05, 3.63) is 60.4 Å². The molecule has 0 saturated heterocycles. The molecule has 1 aromatic heterocycles. The number of fused-ring (bicyclic) bond motifs is 1. The third-order valence-corrected chi connectivity index (χ3v) is 3.62. The maximum atomic E-state index is 5.75. The van der Waals surface area contributed by atoms with E-state index in [1.54, 1.807) is 7.11 Å². The predicted octanol–water partition coefficient (Wildman–Crippen LogP) is 2.25. The average Bonchev–Trinajstić information content (AvgIpc) is 2.95. The molecule has 0 aliphatic heterocycles. The number of imidazole rings is 1. The molecule has 3 aromatic rings. The van der Waals surface area contributed by atoms with Crippen LogP contribution in [-0.2, 0) is 6.54 Å². The van der Waals surface area contributed by atoms with Crippen molar-refractivity contribution in [3.8, 4) is 5.75 Å². The Bertz CT molecular complexity index is 738. The van der Waals surface area contributed by atoms with Crippen molar-refractivity contribution in [2.24, 2.45) is 5.84 Å². The number of rotatable bonds is 5. The van der Waals surface area contributed by atoms with E-state index in [0.717, 1.165) is 22.3 Å². The van der Waals surface area contributed by atoms with Gasteiger partial charge in [0.2, 0.25) is 0 Å². The van der Waals surface area contributed by atoms with Crippen LogP contribution in [0, 0.1) is 0 Å². The van der Waals surface area contributed by atoms with E-state index in [2.05, 4.69) is 21.0 Å². The number of benzene rings is 2. The van der Waals surface area contributed by atoms with Crippen molar-refractivity contribution in [2.45, 2.75) is 12.6 Å². The van der Waals surface area contributed by atoms with E-state index in [0.29, 0.717) is 6.54 Å². The first-order valence-corrected chi connectivity index (χ1v) is 6.82. The molecule has 0 bridgehead atoms. The SMILES string of the molecule is COc1ccccc1C(Cn1cnc2ccccc21)NN. The van der Waals surface area contributed by atoms with Crippen LogP contribution in [0.15, 0.2) is 54.9 Å². The molecule has 0 aliphatic carbocycles. The number of hydrogen-bond acceptors (Lipinski definition) is 4. The Hall–Kier alpha value is -2.37. The zero-order valence-corrected chi connectivity index (χ0v) is 11.9. The summed E-state index contributed by atoms with van der Waals surface area (Å²) in [5.74, 6) is 6.57. The van der Waals surface area contributed by atoms with Crippen LogP contribution in [0.1, 0.15) is 11.6 Å². The smallest absolute Gasteiger partial charge is 0.123 e. The fourth-order valence-electron chi connectivity index (χ4n) is 2.55. The van der Waals surface area contributed by atoms with Gasteiger partial charge in [0.05, 0.1) is 30.5 Å². The Kier molecular flexibility index (Phi) is 3.85. The Balaban J connectivity index is 1.94. The number of nitrogens with one attached hydrogen (secondary N) is 1. The van der Waals surface area contributed by atoms with Gasteiger partial charge in [-0.25, -0.2) is 4.98 Å². The second-order valence-electron chi connectivity index (χ2n) is 4.85. The highest BCUT2D eigenvalue weighted by Gasteiger charge is 2.16. The molecule has 5 nitrogen and oxygen atoms in total. The number of aromatic nitrogens is 2. The number of hydrogen-bond donors (Lipinski definition) is 2. The van der Waals surface area contributed by atoms with Crippen LogP contribution in [0.3, 0.4) is 0 Å². The third-order valence-electron chi connectivity index (χ3n) is 3.62. The largest absolute Gasteiger partial charge is 0.496 e. The Labute approximate surface area is 123 Å². The topological polar surface area (TPSA) is 65.1 Å². The number of hydrazine groups is 1. The quantitative estimate of drug-likeness (QED) is 0.556. The van der Waals surface area contributed by atoms with E-state index in [1.807, 2.05) is 48.8 Å². The van der Waals surface area contributed by atoms with Gasteiger partial charge in [0.25, 0.3) is 0 Å². The Morgan fingerprint density at radius 3 is 2.76 bits per heavy atom. The molecule has 1 unspecified atom stereocenters. The first-order valence-electron chi connectivity index (χ1n) is 6.82. The van der Waals surface area contributed by atoms with E-state index >= 15 is 0 Å². The molecule has 3 N–H and O–H groups in total. The van der Waals surface area contributed by atoms with Crippen molar-refractivity contribution < 1.29 is 4.74 Å². The maximum absolute atomic E-state index is 5.75. The summed E-state index contributed by atoms with van der Waals surface area (Å²) in [5, 5.41) is 0. The van der Waals surface area contributed by atoms with Crippen molar-refractivity contribution in [1.82, 2.24) is 15.0 Å². The number of nitrogens with two attached hydrogens (primary N) is 1. The fraction of sp³-hybridized carbons (Fsp3) is 0.188. The Morgan fingerprint density at radius 1 is 1.19 bits per heavy atom. The fourth-order valence-corrected chi connectivity index (χ4v) is 2.55. The maximum Gasteiger partial charge on any atom is 0.123 e. The summed E-state index contributed by atoms with van der Waals surface area (Å²) in [7, 11) is 1.67. The molecule has 1 heterocycles. The number of para-hydroxylation sites is 3. The lowest BCUT2D eigenvalue weighted by molar-refractivity contribution is 0.391. The normalized spacial score (nSPS) is 12.5. The van der Waals surface area contributed by atoms with E-state index in [4.69, 9.17) is 10.6 Å². The second-order valence-corrected chi connectivity index (χ2v) is 4.85. The van der Waals surface area contributed by atoms with Gasteiger partial charge < -0.3 is 9.30 Å². The van der Waals surface area contributed by atoms with Crippen molar-refractivity contribution in [1.29, 1.82) is 0 Å². The van der Waals surface area contributed by atoms with E-state index in [9.17, 15) is 0 Å². The number of methoxy groups -OCH3 is 1. The molecule has 0 spiro atoms. The van der Waals surface area contributed by atoms with Gasteiger partial charge in [-0.1, -0.05) is 30.3 Å². The minimum atomic E-state index is -0.0567. The van der Waals surface area contributed by atoms with Crippen molar-refractivity contribution >= 4 is 11.0 Å². The predicted molar refractivity (Wildman–Crippen MR) is 82.8 cm³/mol. The minimum absolute atomic E-state index is 0.0567. The summed E-state index contributed by atoms with van der Waals surface area (Å²) in [6.07, 6.45) is 1.84. The Morgan fingerprint density at radius 2 is 1.95 bits per heavy atom. The highest BCUT2D eigenvalue weighted by molar-refractivity contribution is 5.74. The molecule has 2 aromatic carbocycles. The van der Waals surface area contributed by atoms with Gasteiger partial charge in [-0.2, -0.15) is 0 Å². The molecule has 1 atom stereocenters. The van der Waals surface area contributed by atoms with Crippen LogP contribution in [0.25, 0.3) is 11.0 Å². The second kappa shape index (κ2) is 5.95. The van der Waals surface area contributed by atoms with Gasteiger partial charge in [0.1, 0.15) is 5.75 Å². The third kappa shape index (κ3) is 2.61. The first-order chi connectivity index (χ1) is 10.3. The standard InChI is InChI=1S/C16H18N4O/c1-21-16-9-5-2-6-12(16)14(19-17)10-20-11-18-13-7-3-4-8-15(13)20/h2-9,11,14,19H,10,17H2,1H3. The first kappa shape index (κ1) is 13.6. The van der Waals surface area contributed by atoms with Crippen molar-refractivity contribution in [2.75, 3.05) is 7.11 Å². The minimum Gasteiger partial charge on any atom is -0.496 e. The van der Waals surface area contributed by atoms with Crippen LogP contribution >= 0.6 is 0 Å². The molecule has 3 rings (SSSR count).